The molecule has 0 unspecified atom stereocenters. The Hall–Kier alpha value is -1.97. The molecule has 0 saturated heterocycles. The largest absolute Gasteiger partial charge is 0.468 e. The first-order valence-electron chi connectivity index (χ1n) is 6.84. The maximum Gasteiger partial charge on any atom is 0.319 e. The fraction of sp³-hybridized carbons (Fsp3) is 0.312. The predicted octanol–water partition coefficient (Wildman–Crippen LogP) is 2.83. The summed E-state index contributed by atoms with van der Waals surface area (Å²) < 4.78 is 4.79. The van der Waals surface area contributed by atoms with Crippen LogP contribution in [0.4, 0.5) is 0 Å². The summed E-state index contributed by atoms with van der Waals surface area (Å²) in [6.07, 6.45) is 0. The smallest absolute Gasteiger partial charge is 0.319 e. The molecule has 1 aromatic carbocycles. The number of amides is 1. The van der Waals surface area contributed by atoms with Crippen LogP contribution in [0.15, 0.2) is 34.9 Å². The average Bonchev–Trinajstić information content (AvgIpc) is 2.55. The van der Waals surface area contributed by atoms with Gasteiger partial charge in [0.05, 0.1) is 24.0 Å². The zero-order valence-electron chi connectivity index (χ0n) is 12.6. The topological polar surface area (TPSA) is 79.2 Å². The van der Waals surface area contributed by atoms with Crippen LogP contribution in [0.1, 0.15) is 18.4 Å². The van der Waals surface area contributed by atoms with Crippen molar-refractivity contribution in [3.05, 3.63) is 45.5 Å². The normalized spacial score (nSPS) is 20.7. The zero-order chi connectivity index (χ0) is 17.0. The summed E-state index contributed by atoms with van der Waals surface area (Å²) in [6.45, 7) is 1.82. The van der Waals surface area contributed by atoms with Crippen molar-refractivity contribution in [3.8, 4) is 6.07 Å². The number of methoxy groups -OCH3 is 1. The van der Waals surface area contributed by atoms with Gasteiger partial charge in [0.1, 0.15) is 5.92 Å². The van der Waals surface area contributed by atoms with E-state index in [-0.39, 0.29) is 5.75 Å². The molecular weight excluding hydrogens is 336 g/mol. The molecule has 7 heteroatoms. The maximum absolute atomic E-state index is 12.4. The summed E-state index contributed by atoms with van der Waals surface area (Å²) in [4.78, 5) is 24.6. The van der Waals surface area contributed by atoms with E-state index in [0.717, 1.165) is 5.57 Å². The van der Waals surface area contributed by atoms with Gasteiger partial charge >= 0.3 is 5.97 Å². The van der Waals surface area contributed by atoms with Crippen molar-refractivity contribution in [1.82, 2.24) is 5.32 Å². The van der Waals surface area contributed by atoms with E-state index in [4.69, 9.17) is 21.6 Å². The highest BCUT2D eigenvalue weighted by Crippen LogP contribution is 2.42. The molecule has 1 amide bonds. The number of rotatable bonds is 4. The molecular formula is C16H15ClN2O3S. The van der Waals surface area contributed by atoms with E-state index in [1.807, 2.05) is 13.0 Å². The third kappa shape index (κ3) is 3.52. The Labute approximate surface area is 143 Å². The number of esters is 1. The Balaban J connectivity index is 2.56. The number of carbonyl (C=O) groups excluding carboxylic acids is 2. The number of nitrogens with one attached hydrogen (secondary N) is 1. The molecule has 0 fully saturated rings. The van der Waals surface area contributed by atoms with E-state index < -0.39 is 23.7 Å². The quantitative estimate of drug-likeness (QED) is 0.667. The monoisotopic (exact) mass is 350 g/mol. The summed E-state index contributed by atoms with van der Waals surface area (Å²) in [7, 11) is 1.25. The Morgan fingerprint density at radius 1 is 1.48 bits per heavy atom. The first-order chi connectivity index (χ1) is 11.0. The minimum absolute atomic E-state index is 0.199. The lowest BCUT2D eigenvalue weighted by molar-refractivity contribution is -0.150. The first-order valence-corrected chi connectivity index (χ1v) is 8.21. The summed E-state index contributed by atoms with van der Waals surface area (Å²) in [5.74, 6) is -2.40. The van der Waals surface area contributed by atoms with E-state index in [1.165, 1.54) is 18.9 Å². The van der Waals surface area contributed by atoms with Crippen LogP contribution in [-0.2, 0) is 14.3 Å². The van der Waals surface area contributed by atoms with Crippen LogP contribution in [0.5, 0.6) is 0 Å². The van der Waals surface area contributed by atoms with Crippen LogP contribution < -0.4 is 5.32 Å². The molecule has 120 valence electrons. The fourth-order valence-electron chi connectivity index (χ4n) is 2.60. The Bertz CT molecular complexity index is 712. The van der Waals surface area contributed by atoms with Crippen molar-refractivity contribution in [3.63, 3.8) is 0 Å². The Kier molecular flexibility index (Phi) is 5.69. The highest BCUT2D eigenvalue weighted by molar-refractivity contribution is 8.03. The van der Waals surface area contributed by atoms with E-state index >= 15 is 0 Å². The number of nitriles is 1. The van der Waals surface area contributed by atoms with Crippen molar-refractivity contribution >= 4 is 35.2 Å². The molecule has 2 atom stereocenters. The van der Waals surface area contributed by atoms with Crippen molar-refractivity contribution in [2.75, 3.05) is 12.9 Å². The number of ether oxygens (including phenoxy) is 1. The number of allylic oxidation sites excluding steroid dienone is 1. The molecule has 0 bridgehead atoms. The van der Waals surface area contributed by atoms with Crippen LogP contribution in [0.2, 0.25) is 5.02 Å². The molecule has 0 aromatic heterocycles. The van der Waals surface area contributed by atoms with Crippen molar-refractivity contribution in [2.24, 2.45) is 5.92 Å². The number of halogens is 1. The van der Waals surface area contributed by atoms with Crippen molar-refractivity contribution in [1.29, 1.82) is 5.26 Å². The summed E-state index contributed by atoms with van der Waals surface area (Å²) >= 11 is 7.50. The molecule has 0 saturated carbocycles. The van der Waals surface area contributed by atoms with Crippen LogP contribution >= 0.6 is 23.4 Å². The number of benzene rings is 1. The highest BCUT2D eigenvalue weighted by Gasteiger charge is 2.43. The summed E-state index contributed by atoms with van der Waals surface area (Å²) in [6, 6.07) is 9.11. The minimum Gasteiger partial charge on any atom is -0.468 e. The molecule has 1 aromatic rings. The van der Waals surface area contributed by atoms with Gasteiger partial charge in [-0.3, -0.25) is 9.59 Å². The predicted molar refractivity (Wildman–Crippen MR) is 88.6 cm³/mol. The van der Waals surface area contributed by atoms with Gasteiger partial charge in [0, 0.05) is 10.9 Å². The van der Waals surface area contributed by atoms with Gasteiger partial charge in [0.15, 0.2) is 0 Å². The van der Waals surface area contributed by atoms with Crippen LogP contribution in [0.25, 0.3) is 0 Å². The van der Waals surface area contributed by atoms with E-state index in [9.17, 15) is 9.59 Å². The van der Waals surface area contributed by atoms with Crippen molar-refractivity contribution < 1.29 is 14.3 Å². The molecule has 0 aliphatic carbocycles. The number of thioether (sulfide) groups is 1. The standard InChI is InChI=1S/C16H15ClN2O3S/c1-9-12(10-5-3-4-6-11(10)17)13(16(21)22-2)14(20)19-15(9)23-8-7-18/h3-6,12-13H,8H2,1-2H3,(H,19,20)/t12-,13-/m1/s1. The molecule has 1 N–H and O–H groups in total. The second kappa shape index (κ2) is 7.53. The van der Waals surface area contributed by atoms with Crippen molar-refractivity contribution in [2.45, 2.75) is 12.8 Å². The molecule has 5 nitrogen and oxygen atoms in total. The second-order valence-corrected chi connectivity index (χ2v) is 6.34. The number of hydrogen-bond donors (Lipinski definition) is 1. The molecule has 1 aliphatic rings. The average molecular weight is 351 g/mol. The maximum atomic E-state index is 12.4. The lowest BCUT2D eigenvalue weighted by Crippen LogP contribution is -2.43. The summed E-state index contributed by atoms with van der Waals surface area (Å²) in [5.41, 5.74) is 1.47. The second-order valence-electron chi connectivity index (χ2n) is 4.95. The lowest BCUT2D eigenvalue weighted by atomic mass is 9.79. The number of hydrogen-bond acceptors (Lipinski definition) is 5. The zero-order valence-corrected chi connectivity index (χ0v) is 14.2. The lowest BCUT2D eigenvalue weighted by Gasteiger charge is -2.32. The SMILES string of the molecule is COC(=O)[C@H]1C(=O)NC(SCC#N)=C(C)[C@@H]1c1ccccc1Cl. The van der Waals surface area contributed by atoms with E-state index in [0.29, 0.717) is 15.6 Å². The van der Waals surface area contributed by atoms with Gasteiger partial charge in [-0.25, -0.2) is 0 Å². The molecule has 0 radical (unpaired) electrons. The van der Waals surface area contributed by atoms with Crippen LogP contribution in [-0.4, -0.2) is 24.7 Å². The van der Waals surface area contributed by atoms with E-state index in [1.54, 1.807) is 24.3 Å². The van der Waals surface area contributed by atoms with Gasteiger partial charge in [-0.15, -0.1) is 0 Å². The fourth-order valence-corrected chi connectivity index (χ4v) is 3.58. The van der Waals surface area contributed by atoms with E-state index in [2.05, 4.69) is 5.32 Å². The Morgan fingerprint density at radius 2 is 2.17 bits per heavy atom. The first kappa shape index (κ1) is 17.4. The summed E-state index contributed by atoms with van der Waals surface area (Å²) in [5, 5.41) is 12.5. The number of nitrogens with zero attached hydrogens (tertiary/aromatic N) is 1. The third-order valence-corrected chi connectivity index (χ3v) is 4.98. The molecule has 1 aliphatic heterocycles. The third-order valence-electron chi connectivity index (χ3n) is 3.65. The minimum atomic E-state index is -1.01. The molecule has 1 heterocycles. The van der Waals surface area contributed by atoms with Gasteiger partial charge in [0.2, 0.25) is 5.91 Å². The van der Waals surface area contributed by atoms with Crippen LogP contribution in [0, 0.1) is 17.2 Å². The van der Waals surface area contributed by atoms with Gasteiger partial charge < -0.3 is 10.1 Å². The van der Waals surface area contributed by atoms with Crippen LogP contribution in [0.3, 0.4) is 0 Å². The van der Waals surface area contributed by atoms with Gasteiger partial charge in [-0.2, -0.15) is 5.26 Å². The van der Waals surface area contributed by atoms with Gasteiger partial charge in [0.25, 0.3) is 0 Å². The molecule has 23 heavy (non-hydrogen) atoms. The molecule has 2 rings (SSSR count). The molecule has 0 spiro atoms. The van der Waals surface area contributed by atoms with Gasteiger partial charge in [-0.05, 0) is 24.1 Å². The number of carbonyl (C=O) groups is 2. The highest BCUT2D eigenvalue weighted by atomic mass is 35.5. The Morgan fingerprint density at radius 3 is 2.78 bits per heavy atom. The van der Waals surface area contributed by atoms with Gasteiger partial charge in [-0.1, -0.05) is 41.6 Å².